The fraction of sp³-hybridized carbons (Fsp3) is 0.158. The molecule has 26 heavy (non-hydrogen) atoms. The summed E-state index contributed by atoms with van der Waals surface area (Å²) in [5.74, 6) is 0.981. The second kappa shape index (κ2) is 8.40. The molecule has 0 saturated carbocycles. The monoisotopic (exact) mass is 367 g/mol. The zero-order valence-corrected chi connectivity index (χ0v) is 15.0. The molecule has 0 radical (unpaired) electrons. The summed E-state index contributed by atoms with van der Waals surface area (Å²) in [6.07, 6.45) is 2.38. The van der Waals surface area contributed by atoms with Crippen molar-refractivity contribution < 1.29 is 4.79 Å². The van der Waals surface area contributed by atoms with Crippen LogP contribution in [0, 0.1) is 0 Å². The molecule has 0 saturated heterocycles. The number of benzene rings is 2. The van der Waals surface area contributed by atoms with Crippen LogP contribution < -0.4 is 10.6 Å². The van der Waals surface area contributed by atoms with E-state index < -0.39 is 0 Å². The molecule has 2 N–H and O–H groups in total. The summed E-state index contributed by atoms with van der Waals surface area (Å²) in [6, 6.07) is 14.9. The first-order chi connectivity index (χ1) is 12.6. The molecule has 0 spiro atoms. The maximum absolute atomic E-state index is 11.5. The zero-order chi connectivity index (χ0) is 18.4. The first-order valence-corrected chi connectivity index (χ1v) is 8.54. The van der Waals surface area contributed by atoms with Gasteiger partial charge in [-0.2, -0.15) is 10.1 Å². The van der Waals surface area contributed by atoms with Gasteiger partial charge in [-0.05, 0) is 43.2 Å². The van der Waals surface area contributed by atoms with Crippen LogP contribution in [0.1, 0.15) is 22.8 Å². The van der Waals surface area contributed by atoms with Crippen molar-refractivity contribution in [3.63, 3.8) is 0 Å². The summed E-state index contributed by atoms with van der Waals surface area (Å²) in [6.45, 7) is 2.22. The van der Waals surface area contributed by atoms with Gasteiger partial charge in [0.2, 0.25) is 5.95 Å². The Kier molecular flexibility index (Phi) is 5.76. The topological polar surface area (TPSA) is 79.8 Å². The Morgan fingerprint density at radius 2 is 2.00 bits per heavy atom. The van der Waals surface area contributed by atoms with Crippen LogP contribution in [0.4, 0.5) is 17.5 Å². The summed E-state index contributed by atoms with van der Waals surface area (Å²) in [4.78, 5) is 15.9. The molecule has 0 bridgehead atoms. The van der Waals surface area contributed by atoms with Gasteiger partial charge in [0.1, 0.15) is 0 Å². The van der Waals surface area contributed by atoms with Gasteiger partial charge in [-0.3, -0.25) is 4.79 Å². The third kappa shape index (κ3) is 5.00. The Morgan fingerprint density at radius 3 is 2.81 bits per heavy atom. The van der Waals surface area contributed by atoms with Gasteiger partial charge in [0.25, 0.3) is 0 Å². The predicted octanol–water partition coefficient (Wildman–Crippen LogP) is 4.13. The maximum Gasteiger partial charge on any atom is 0.249 e. The van der Waals surface area contributed by atoms with E-state index in [2.05, 4.69) is 25.8 Å². The van der Waals surface area contributed by atoms with Crippen molar-refractivity contribution in [3.8, 4) is 0 Å². The fourth-order valence-electron chi connectivity index (χ4n) is 2.41. The number of hydrogen-bond donors (Lipinski definition) is 2. The first-order valence-electron chi connectivity index (χ1n) is 8.16. The molecule has 3 rings (SSSR count). The van der Waals surface area contributed by atoms with Crippen LogP contribution in [-0.4, -0.2) is 27.5 Å². The van der Waals surface area contributed by atoms with E-state index >= 15 is 0 Å². The largest absolute Gasteiger partial charge is 0.368 e. The predicted molar refractivity (Wildman–Crippen MR) is 103 cm³/mol. The van der Waals surface area contributed by atoms with E-state index in [9.17, 15) is 4.79 Å². The molecule has 7 heteroatoms. The number of hydrogen-bond acceptors (Lipinski definition) is 6. The van der Waals surface area contributed by atoms with E-state index in [1.807, 2.05) is 30.3 Å². The van der Waals surface area contributed by atoms with Gasteiger partial charge in [-0.1, -0.05) is 35.9 Å². The summed E-state index contributed by atoms with van der Waals surface area (Å²) in [7, 11) is 0. The Hall–Kier alpha value is -2.99. The molecule has 0 unspecified atom stereocenters. The minimum Gasteiger partial charge on any atom is -0.368 e. The smallest absolute Gasteiger partial charge is 0.249 e. The van der Waals surface area contributed by atoms with Crippen molar-refractivity contribution in [2.45, 2.75) is 13.3 Å². The van der Waals surface area contributed by atoms with Crippen LogP contribution in [-0.2, 0) is 6.42 Å². The van der Waals surface area contributed by atoms with Gasteiger partial charge in [0.05, 0.1) is 6.20 Å². The number of aromatic nitrogens is 3. The molecule has 1 heterocycles. The molecular weight excluding hydrogens is 350 g/mol. The van der Waals surface area contributed by atoms with Crippen molar-refractivity contribution in [1.29, 1.82) is 0 Å². The van der Waals surface area contributed by atoms with E-state index in [1.54, 1.807) is 24.4 Å². The molecule has 2 aromatic carbocycles. The van der Waals surface area contributed by atoms with Crippen molar-refractivity contribution in [2.24, 2.45) is 0 Å². The van der Waals surface area contributed by atoms with Crippen LogP contribution in [0.25, 0.3) is 0 Å². The summed E-state index contributed by atoms with van der Waals surface area (Å²) < 4.78 is 0. The summed E-state index contributed by atoms with van der Waals surface area (Å²) in [5.41, 5.74) is 2.50. The first kappa shape index (κ1) is 17.8. The molecular formula is C19H18ClN5O. The zero-order valence-electron chi connectivity index (χ0n) is 14.2. The molecule has 0 aliphatic heterocycles. The number of carbonyl (C=O) groups excluding carboxylic acids is 1. The molecule has 0 fully saturated rings. The highest BCUT2D eigenvalue weighted by molar-refractivity contribution is 6.30. The van der Waals surface area contributed by atoms with Gasteiger partial charge >= 0.3 is 0 Å². The van der Waals surface area contributed by atoms with Crippen molar-refractivity contribution in [3.05, 3.63) is 70.9 Å². The Balaban J connectivity index is 1.61. The van der Waals surface area contributed by atoms with Crippen LogP contribution >= 0.6 is 11.6 Å². The minimum atomic E-state index is 0.00382. The van der Waals surface area contributed by atoms with Gasteiger partial charge in [-0.15, -0.1) is 5.10 Å². The molecule has 0 atom stereocenters. The normalized spacial score (nSPS) is 10.4. The van der Waals surface area contributed by atoms with Crippen molar-refractivity contribution >= 4 is 34.8 Å². The number of rotatable bonds is 7. The number of nitrogens with one attached hydrogen (secondary N) is 2. The second-order valence-corrected chi connectivity index (χ2v) is 6.17. The number of Topliss-reactive ketones (excluding diaryl/α,β-unsaturated/α-hetero) is 1. The Bertz CT molecular complexity index is 916. The van der Waals surface area contributed by atoms with E-state index in [-0.39, 0.29) is 5.78 Å². The van der Waals surface area contributed by atoms with E-state index in [0.29, 0.717) is 23.9 Å². The van der Waals surface area contributed by atoms with Crippen molar-refractivity contribution in [1.82, 2.24) is 15.2 Å². The fourth-order valence-corrected chi connectivity index (χ4v) is 2.63. The van der Waals surface area contributed by atoms with Crippen LogP contribution in [0.2, 0.25) is 5.02 Å². The van der Waals surface area contributed by atoms with Crippen LogP contribution in [0.5, 0.6) is 0 Å². The lowest BCUT2D eigenvalue weighted by Gasteiger charge is -2.08. The highest BCUT2D eigenvalue weighted by Crippen LogP contribution is 2.16. The average Bonchev–Trinajstić information content (AvgIpc) is 2.62. The average molecular weight is 368 g/mol. The third-order valence-corrected chi connectivity index (χ3v) is 3.93. The number of ketones is 1. The van der Waals surface area contributed by atoms with E-state index in [4.69, 9.17) is 11.6 Å². The van der Waals surface area contributed by atoms with Gasteiger partial charge in [-0.25, -0.2) is 0 Å². The Morgan fingerprint density at radius 1 is 1.15 bits per heavy atom. The van der Waals surface area contributed by atoms with Crippen LogP contribution in [0.15, 0.2) is 54.7 Å². The lowest BCUT2D eigenvalue weighted by Crippen LogP contribution is -2.09. The van der Waals surface area contributed by atoms with E-state index in [0.717, 1.165) is 22.7 Å². The van der Waals surface area contributed by atoms with Gasteiger partial charge < -0.3 is 10.6 Å². The lowest BCUT2D eigenvalue weighted by atomic mass is 10.1. The second-order valence-electron chi connectivity index (χ2n) is 5.73. The molecule has 3 aromatic rings. The van der Waals surface area contributed by atoms with Crippen molar-refractivity contribution in [2.75, 3.05) is 17.2 Å². The third-order valence-electron chi connectivity index (χ3n) is 3.69. The van der Waals surface area contributed by atoms with Gasteiger partial charge in [0.15, 0.2) is 11.6 Å². The highest BCUT2D eigenvalue weighted by Gasteiger charge is 2.04. The molecule has 0 amide bonds. The van der Waals surface area contributed by atoms with E-state index in [1.165, 1.54) is 6.92 Å². The molecule has 0 aliphatic rings. The summed E-state index contributed by atoms with van der Waals surface area (Å²) in [5, 5.41) is 14.9. The maximum atomic E-state index is 11.5. The quantitative estimate of drug-likeness (QED) is 0.611. The molecule has 1 aromatic heterocycles. The number of carbonyl (C=O) groups is 1. The standard InChI is InChI=1S/C19H18ClN5O/c1-13(26)15-5-3-7-17(11-15)23-19-24-18(12-22-25-19)21-9-8-14-4-2-6-16(20)10-14/h2-7,10-12H,8-9H2,1H3,(H2,21,23,24,25). The molecule has 0 aliphatic carbocycles. The lowest BCUT2D eigenvalue weighted by molar-refractivity contribution is 0.101. The van der Waals surface area contributed by atoms with Crippen LogP contribution in [0.3, 0.4) is 0 Å². The molecule has 132 valence electrons. The minimum absolute atomic E-state index is 0.00382. The molecule has 6 nitrogen and oxygen atoms in total. The Labute approximate surface area is 156 Å². The summed E-state index contributed by atoms with van der Waals surface area (Å²) >= 11 is 5.99. The number of nitrogens with zero attached hydrogens (tertiary/aromatic N) is 3. The highest BCUT2D eigenvalue weighted by atomic mass is 35.5. The SMILES string of the molecule is CC(=O)c1cccc(Nc2nncc(NCCc3cccc(Cl)c3)n2)c1. The number of anilines is 3. The van der Waals surface area contributed by atoms with Gasteiger partial charge in [0, 0.05) is 22.8 Å². The number of halogens is 1.